The maximum absolute atomic E-state index is 7.11. The Bertz CT molecular complexity index is 568. The van der Waals surface area contributed by atoms with Gasteiger partial charge in [-0.15, -0.1) is 0 Å². The van der Waals surface area contributed by atoms with Crippen LogP contribution in [0.4, 0.5) is 0 Å². The molecule has 1 saturated heterocycles. The van der Waals surface area contributed by atoms with Crippen LogP contribution < -0.4 is 0 Å². The van der Waals surface area contributed by atoms with Gasteiger partial charge in [0.1, 0.15) is 0 Å². The van der Waals surface area contributed by atoms with E-state index in [9.17, 15) is 0 Å². The van der Waals surface area contributed by atoms with E-state index in [4.69, 9.17) is 8.85 Å². The minimum atomic E-state index is -1.63. The molecule has 168 valence electrons. The molecule has 0 radical (unpaired) electrons. The molecule has 29 heavy (non-hydrogen) atoms. The lowest BCUT2D eigenvalue weighted by Crippen LogP contribution is -2.47. The molecule has 3 aliphatic carbocycles. The third-order valence-corrected chi connectivity index (χ3v) is 17.2. The number of rotatable bonds is 8. The Labute approximate surface area is 183 Å². The zero-order valence-corrected chi connectivity index (χ0v) is 22.6. The van der Waals surface area contributed by atoms with Gasteiger partial charge >= 0.3 is 0 Å². The summed E-state index contributed by atoms with van der Waals surface area (Å²) >= 11 is 0. The summed E-state index contributed by atoms with van der Waals surface area (Å²) < 4.78 is 13.1. The van der Waals surface area contributed by atoms with Gasteiger partial charge in [-0.2, -0.15) is 0 Å². The normalized spacial score (nSPS) is 43.9. The second kappa shape index (κ2) is 7.45. The van der Waals surface area contributed by atoms with Crippen molar-refractivity contribution in [3.63, 3.8) is 0 Å². The average molecular weight is 437 g/mol. The lowest BCUT2D eigenvalue weighted by molar-refractivity contribution is 0.223. The van der Waals surface area contributed by atoms with Gasteiger partial charge in [0.25, 0.3) is 0 Å². The molecule has 8 unspecified atom stereocenters. The summed E-state index contributed by atoms with van der Waals surface area (Å²) in [5.74, 6) is 4.51. The summed E-state index contributed by atoms with van der Waals surface area (Å²) in [5.41, 5.74) is 0.995. The van der Waals surface area contributed by atoms with Crippen LogP contribution in [0.25, 0.3) is 0 Å². The van der Waals surface area contributed by atoms with E-state index in [2.05, 4.69) is 53.9 Å². The molecule has 0 aromatic heterocycles. The van der Waals surface area contributed by atoms with Crippen molar-refractivity contribution >= 4 is 16.6 Å². The molecule has 3 saturated carbocycles. The van der Waals surface area contributed by atoms with Crippen LogP contribution in [0.5, 0.6) is 0 Å². The molecule has 1 aliphatic heterocycles. The number of epoxide rings is 1. The Hall–Kier alpha value is 0.354. The van der Waals surface area contributed by atoms with Gasteiger partial charge in [-0.3, -0.25) is 0 Å². The molecule has 2 nitrogen and oxygen atoms in total. The van der Waals surface area contributed by atoms with Gasteiger partial charge < -0.3 is 8.85 Å². The van der Waals surface area contributed by atoms with Gasteiger partial charge in [-0.05, 0) is 125 Å². The lowest BCUT2D eigenvalue weighted by Gasteiger charge is -2.40. The highest BCUT2D eigenvalue weighted by Crippen LogP contribution is 2.63. The fourth-order valence-corrected chi connectivity index (χ4v) is 18.0. The third-order valence-electron chi connectivity index (χ3n) is 9.56. The molecule has 4 heteroatoms. The van der Waals surface area contributed by atoms with Crippen molar-refractivity contribution in [2.45, 2.75) is 123 Å². The largest absolute Gasteiger partial charge is 0.455 e. The summed E-state index contributed by atoms with van der Waals surface area (Å²) in [6, 6.07) is 2.69. The van der Waals surface area contributed by atoms with E-state index in [1.807, 2.05) is 0 Å². The Morgan fingerprint density at radius 2 is 1.45 bits per heavy atom. The van der Waals surface area contributed by atoms with Crippen molar-refractivity contribution in [3.8, 4) is 0 Å². The minimum absolute atomic E-state index is 0.252. The fourth-order valence-electron chi connectivity index (χ4n) is 7.60. The van der Waals surface area contributed by atoms with Crippen LogP contribution in [0.15, 0.2) is 0 Å². The van der Waals surface area contributed by atoms with Crippen LogP contribution in [0, 0.1) is 35.0 Å². The molecule has 4 rings (SSSR count). The molecular weight excluding hydrogens is 388 g/mol. The van der Waals surface area contributed by atoms with E-state index in [-0.39, 0.29) is 5.60 Å². The Morgan fingerprint density at radius 1 is 0.897 bits per heavy atom. The molecule has 0 aromatic carbocycles. The zero-order chi connectivity index (χ0) is 21.2. The molecule has 1 heterocycles. The number of fused-ring (bicyclic) bond motifs is 2. The van der Waals surface area contributed by atoms with Gasteiger partial charge in [-0.1, -0.05) is 20.8 Å². The first-order valence-corrected chi connectivity index (χ1v) is 18.9. The van der Waals surface area contributed by atoms with Crippen molar-refractivity contribution < 1.29 is 8.85 Å². The third kappa shape index (κ3) is 5.06. The number of hydrogen-bond acceptors (Lipinski definition) is 2. The topological polar surface area (TPSA) is 21.8 Å². The molecule has 0 aromatic rings. The van der Waals surface area contributed by atoms with Crippen molar-refractivity contribution in [2.24, 2.45) is 35.0 Å². The predicted octanol–water partition coefficient (Wildman–Crippen LogP) is 7.47. The Kier molecular flexibility index (Phi) is 5.79. The molecule has 8 atom stereocenters. The first-order valence-electron chi connectivity index (χ1n) is 12.7. The summed E-state index contributed by atoms with van der Waals surface area (Å²) in [5, 5.41) is 0. The highest BCUT2D eigenvalue weighted by atomic mass is 28.4. The van der Waals surface area contributed by atoms with Crippen molar-refractivity contribution in [2.75, 3.05) is 0 Å². The summed E-state index contributed by atoms with van der Waals surface area (Å²) in [6.07, 6.45) is 10.5. The van der Waals surface area contributed by atoms with Gasteiger partial charge in [0.2, 0.25) is 0 Å². The fraction of sp³-hybridized carbons (Fsp3) is 1.00. The molecule has 0 N–H and O–H groups in total. The SMILES string of the molecule is CC(C[Si](C)(C)O[Si](C)(C)CC(C)C1CCC2(C)OC2C1)C1CCC2(C)CC2C1. The second-order valence-corrected chi connectivity index (χ2v) is 22.2. The van der Waals surface area contributed by atoms with E-state index in [0.717, 1.165) is 35.0 Å². The van der Waals surface area contributed by atoms with Crippen LogP contribution in [0.2, 0.25) is 38.3 Å². The van der Waals surface area contributed by atoms with Gasteiger partial charge in [0.15, 0.2) is 16.6 Å². The summed E-state index contributed by atoms with van der Waals surface area (Å²) in [6.45, 7) is 19.9. The smallest absolute Gasteiger partial charge is 0.173 e. The zero-order valence-electron chi connectivity index (χ0n) is 20.6. The van der Waals surface area contributed by atoms with Gasteiger partial charge in [0, 0.05) is 0 Å². The van der Waals surface area contributed by atoms with Gasteiger partial charge in [-0.25, -0.2) is 0 Å². The molecule has 4 fully saturated rings. The van der Waals surface area contributed by atoms with Gasteiger partial charge in [0.05, 0.1) is 11.7 Å². The quantitative estimate of drug-likeness (QED) is 0.291. The highest BCUT2D eigenvalue weighted by Gasteiger charge is 2.56. The van der Waals surface area contributed by atoms with E-state index in [1.165, 1.54) is 57.0 Å². The highest BCUT2D eigenvalue weighted by molar-refractivity contribution is 6.84. The molecule has 0 spiro atoms. The van der Waals surface area contributed by atoms with Crippen LogP contribution in [-0.4, -0.2) is 28.3 Å². The Morgan fingerprint density at radius 3 is 2.00 bits per heavy atom. The molecule has 4 aliphatic rings. The van der Waals surface area contributed by atoms with E-state index < -0.39 is 16.6 Å². The van der Waals surface area contributed by atoms with Crippen LogP contribution in [0.1, 0.15) is 72.6 Å². The summed E-state index contributed by atoms with van der Waals surface area (Å²) in [4.78, 5) is 0. The van der Waals surface area contributed by atoms with E-state index >= 15 is 0 Å². The van der Waals surface area contributed by atoms with Crippen LogP contribution in [-0.2, 0) is 8.85 Å². The van der Waals surface area contributed by atoms with E-state index in [1.54, 1.807) is 0 Å². The van der Waals surface area contributed by atoms with Crippen LogP contribution >= 0.6 is 0 Å². The summed E-state index contributed by atoms with van der Waals surface area (Å²) in [7, 11) is -3.24. The number of ether oxygens (including phenoxy) is 1. The maximum atomic E-state index is 7.11. The average Bonchev–Trinajstić information content (AvgIpc) is 3.43. The molecular formula is C25H48O2Si2. The lowest BCUT2D eigenvalue weighted by atomic mass is 9.77. The maximum Gasteiger partial charge on any atom is 0.173 e. The minimum Gasteiger partial charge on any atom is -0.455 e. The Balaban J connectivity index is 1.26. The monoisotopic (exact) mass is 436 g/mol. The second-order valence-electron chi connectivity index (χ2n) is 13.5. The number of hydrogen-bond donors (Lipinski definition) is 0. The van der Waals surface area contributed by atoms with Crippen molar-refractivity contribution in [1.82, 2.24) is 0 Å². The first-order chi connectivity index (χ1) is 13.3. The molecule has 0 amide bonds. The van der Waals surface area contributed by atoms with E-state index in [0.29, 0.717) is 6.10 Å². The van der Waals surface area contributed by atoms with Crippen molar-refractivity contribution in [1.29, 1.82) is 0 Å². The first kappa shape index (κ1) is 22.5. The van der Waals surface area contributed by atoms with Crippen molar-refractivity contribution in [3.05, 3.63) is 0 Å². The predicted molar refractivity (Wildman–Crippen MR) is 128 cm³/mol. The standard InChI is InChI=1S/C25H48O2Si2/c1-18(20-9-11-24(3)15-22(24)13-20)16-28(5,6)27-29(7,8)17-19(2)21-10-12-25(4)23(14-21)26-25/h18-23H,9-17H2,1-8H3. The van der Waals surface area contributed by atoms with Crippen LogP contribution in [0.3, 0.4) is 0 Å². The molecule has 0 bridgehead atoms.